The normalized spacial score (nSPS) is 12.2. The quantitative estimate of drug-likeness (QED) is 0.558. The van der Waals surface area contributed by atoms with Gasteiger partial charge in [-0.2, -0.15) is 0 Å². The highest BCUT2D eigenvalue weighted by Gasteiger charge is 2.18. The van der Waals surface area contributed by atoms with E-state index in [0.717, 1.165) is 6.42 Å². The van der Waals surface area contributed by atoms with Gasteiger partial charge >= 0.3 is 0 Å². The molecule has 0 aliphatic heterocycles. The molecule has 0 aliphatic rings. The Morgan fingerprint density at radius 1 is 1.00 bits per heavy atom. The van der Waals surface area contributed by atoms with Crippen LogP contribution in [-0.4, -0.2) is 21.9 Å². The van der Waals surface area contributed by atoms with Crippen LogP contribution in [0.25, 0.3) is 33.9 Å². The van der Waals surface area contributed by atoms with Gasteiger partial charge in [-0.25, -0.2) is 9.97 Å². The van der Waals surface area contributed by atoms with E-state index < -0.39 is 0 Å². The van der Waals surface area contributed by atoms with Crippen molar-refractivity contribution in [3.63, 3.8) is 0 Å². The summed E-state index contributed by atoms with van der Waals surface area (Å²) in [5.41, 5.74) is 3.01. The molecule has 0 bridgehead atoms. The average molecular weight is 361 g/mol. The monoisotopic (exact) mass is 361 g/mol. The van der Waals surface area contributed by atoms with E-state index in [0.29, 0.717) is 39.5 Å². The summed E-state index contributed by atoms with van der Waals surface area (Å²) >= 11 is 0. The molecule has 27 heavy (non-hydrogen) atoms. The molecule has 0 saturated heterocycles. The van der Waals surface area contributed by atoms with Crippen LogP contribution in [0, 0.1) is 0 Å². The maximum absolute atomic E-state index is 12.4. The molecule has 1 atom stereocenters. The summed E-state index contributed by atoms with van der Waals surface area (Å²) in [5, 5.41) is 2.97. The Morgan fingerprint density at radius 3 is 2.19 bits per heavy atom. The number of benzene rings is 1. The molecule has 0 spiro atoms. The second-order valence-corrected chi connectivity index (χ2v) is 6.36. The van der Waals surface area contributed by atoms with Gasteiger partial charge in [0.1, 0.15) is 11.4 Å². The van der Waals surface area contributed by atoms with Gasteiger partial charge in [0, 0.05) is 11.6 Å². The summed E-state index contributed by atoms with van der Waals surface area (Å²) in [6.07, 6.45) is 4.05. The predicted molar refractivity (Wildman–Crippen MR) is 102 cm³/mol. The SMILES string of the molecule is CC[C@@H](C)NC(=O)c1ccc2nc(-c3ccco3)c(-c3ccco3)nc2c1. The standard InChI is InChI=1S/C21H19N3O3/c1-3-13(2)22-21(25)14-8-9-15-16(12-14)24-20(18-7-5-11-27-18)19(23-15)17-6-4-10-26-17/h4-13H,3H2,1-2H3,(H,22,25)/t13-/m1/s1. The fraction of sp³-hybridized carbons (Fsp3) is 0.190. The molecule has 1 N–H and O–H groups in total. The number of aromatic nitrogens is 2. The minimum atomic E-state index is -0.122. The van der Waals surface area contributed by atoms with Gasteiger partial charge in [-0.05, 0) is 55.8 Å². The van der Waals surface area contributed by atoms with Crippen LogP contribution in [0.2, 0.25) is 0 Å². The van der Waals surface area contributed by atoms with Gasteiger partial charge in [-0.1, -0.05) is 6.92 Å². The highest BCUT2D eigenvalue weighted by Crippen LogP contribution is 2.31. The third kappa shape index (κ3) is 3.33. The van der Waals surface area contributed by atoms with Crippen molar-refractivity contribution in [3.05, 3.63) is 60.6 Å². The number of nitrogens with one attached hydrogen (secondary N) is 1. The Hall–Kier alpha value is -3.41. The third-order valence-electron chi connectivity index (χ3n) is 4.43. The van der Waals surface area contributed by atoms with Gasteiger partial charge in [-0.15, -0.1) is 0 Å². The Labute approximate surface area is 156 Å². The maximum atomic E-state index is 12.4. The predicted octanol–water partition coefficient (Wildman–Crippen LogP) is 4.68. The second kappa shape index (κ2) is 7.07. The van der Waals surface area contributed by atoms with E-state index in [4.69, 9.17) is 18.8 Å². The van der Waals surface area contributed by atoms with Crippen molar-refractivity contribution in [3.8, 4) is 22.9 Å². The number of rotatable bonds is 5. The second-order valence-electron chi connectivity index (χ2n) is 6.36. The molecule has 0 radical (unpaired) electrons. The van der Waals surface area contributed by atoms with E-state index >= 15 is 0 Å². The first kappa shape index (κ1) is 17.0. The van der Waals surface area contributed by atoms with E-state index in [2.05, 4.69) is 5.32 Å². The lowest BCUT2D eigenvalue weighted by molar-refractivity contribution is 0.0939. The van der Waals surface area contributed by atoms with Crippen molar-refractivity contribution in [1.29, 1.82) is 0 Å². The van der Waals surface area contributed by atoms with Gasteiger partial charge in [0.25, 0.3) is 5.91 Å². The zero-order valence-electron chi connectivity index (χ0n) is 15.1. The number of nitrogens with zero attached hydrogens (tertiary/aromatic N) is 2. The molecular formula is C21H19N3O3. The maximum Gasteiger partial charge on any atom is 0.251 e. The molecule has 1 amide bonds. The van der Waals surface area contributed by atoms with Crippen molar-refractivity contribution in [2.24, 2.45) is 0 Å². The first-order valence-electron chi connectivity index (χ1n) is 8.86. The van der Waals surface area contributed by atoms with Gasteiger partial charge in [0.05, 0.1) is 23.6 Å². The molecule has 6 nitrogen and oxygen atoms in total. The first-order valence-corrected chi connectivity index (χ1v) is 8.86. The Bertz CT molecular complexity index is 1070. The summed E-state index contributed by atoms with van der Waals surface area (Å²) in [7, 11) is 0. The van der Waals surface area contributed by atoms with E-state index in [1.807, 2.05) is 26.0 Å². The fourth-order valence-corrected chi connectivity index (χ4v) is 2.77. The van der Waals surface area contributed by atoms with Crippen LogP contribution in [0.1, 0.15) is 30.6 Å². The summed E-state index contributed by atoms with van der Waals surface area (Å²) in [4.78, 5) is 21.9. The van der Waals surface area contributed by atoms with Gasteiger partial charge in [0.2, 0.25) is 0 Å². The van der Waals surface area contributed by atoms with Crippen molar-refractivity contribution >= 4 is 16.9 Å². The molecule has 136 valence electrons. The van der Waals surface area contributed by atoms with Gasteiger partial charge < -0.3 is 14.2 Å². The van der Waals surface area contributed by atoms with Crippen molar-refractivity contribution in [1.82, 2.24) is 15.3 Å². The number of amides is 1. The molecule has 6 heteroatoms. The van der Waals surface area contributed by atoms with Crippen LogP contribution in [0.15, 0.2) is 63.8 Å². The summed E-state index contributed by atoms with van der Waals surface area (Å²) in [6.45, 7) is 4.01. The molecular weight excluding hydrogens is 342 g/mol. The average Bonchev–Trinajstić information content (AvgIpc) is 3.40. The molecule has 0 aliphatic carbocycles. The lowest BCUT2D eigenvalue weighted by Gasteiger charge is -2.12. The Kier molecular flexibility index (Phi) is 4.46. The van der Waals surface area contributed by atoms with Crippen LogP contribution in [0.3, 0.4) is 0 Å². The van der Waals surface area contributed by atoms with Gasteiger partial charge in [0.15, 0.2) is 11.5 Å². The molecule has 4 aromatic rings. The minimum Gasteiger partial charge on any atom is -0.463 e. The topological polar surface area (TPSA) is 81.2 Å². The van der Waals surface area contributed by atoms with Crippen LogP contribution >= 0.6 is 0 Å². The van der Waals surface area contributed by atoms with E-state index in [-0.39, 0.29) is 11.9 Å². The van der Waals surface area contributed by atoms with E-state index in [9.17, 15) is 4.79 Å². The molecule has 4 rings (SSSR count). The zero-order valence-corrected chi connectivity index (χ0v) is 15.1. The summed E-state index contributed by atoms with van der Waals surface area (Å²) < 4.78 is 11.0. The van der Waals surface area contributed by atoms with Crippen molar-refractivity contribution in [2.45, 2.75) is 26.3 Å². The number of furan rings is 2. The van der Waals surface area contributed by atoms with E-state index in [1.54, 1.807) is 42.9 Å². The molecule has 3 aromatic heterocycles. The molecule has 3 heterocycles. The van der Waals surface area contributed by atoms with E-state index in [1.165, 1.54) is 0 Å². The molecule has 0 unspecified atom stereocenters. The molecule has 0 saturated carbocycles. The van der Waals surface area contributed by atoms with Crippen molar-refractivity contribution in [2.75, 3.05) is 0 Å². The lowest BCUT2D eigenvalue weighted by Crippen LogP contribution is -2.31. The van der Waals surface area contributed by atoms with Crippen LogP contribution < -0.4 is 5.32 Å². The fourth-order valence-electron chi connectivity index (χ4n) is 2.77. The minimum absolute atomic E-state index is 0.110. The Balaban J connectivity index is 1.83. The number of hydrogen-bond acceptors (Lipinski definition) is 5. The lowest BCUT2D eigenvalue weighted by atomic mass is 10.1. The van der Waals surface area contributed by atoms with Crippen LogP contribution in [-0.2, 0) is 0 Å². The smallest absolute Gasteiger partial charge is 0.251 e. The van der Waals surface area contributed by atoms with Crippen molar-refractivity contribution < 1.29 is 13.6 Å². The largest absolute Gasteiger partial charge is 0.463 e. The number of hydrogen-bond donors (Lipinski definition) is 1. The zero-order chi connectivity index (χ0) is 18.8. The third-order valence-corrected chi connectivity index (χ3v) is 4.43. The highest BCUT2D eigenvalue weighted by atomic mass is 16.3. The first-order chi connectivity index (χ1) is 13.2. The van der Waals surface area contributed by atoms with Crippen LogP contribution in [0.5, 0.6) is 0 Å². The summed E-state index contributed by atoms with van der Waals surface area (Å²) in [5.74, 6) is 1.07. The molecule has 1 aromatic carbocycles. The Morgan fingerprint density at radius 2 is 1.63 bits per heavy atom. The van der Waals surface area contributed by atoms with Gasteiger partial charge in [-0.3, -0.25) is 4.79 Å². The van der Waals surface area contributed by atoms with Crippen LogP contribution in [0.4, 0.5) is 0 Å². The molecule has 0 fully saturated rings. The number of carbonyl (C=O) groups excluding carboxylic acids is 1. The number of fused-ring (bicyclic) bond motifs is 1. The highest BCUT2D eigenvalue weighted by molar-refractivity contribution is 5.98. The number of carbonyl (C=O) groups is 1. The summed E-state index contributed by atoms with van der Waals surface area (Å²) in [6, 6.07) is 12.7.